The first kappa shape index (κ1) is 20.7. The van der Waals surface area contributed by atoms with E-state index in [1.165, 1.54) is 0 Å². The zero-order chi connectivity index (χ0) is 22.1. The first-order valence-electron chi connectivity index (χ1n) is 11.5. The Balaban J connectivity index is 1.33. The first-order chi connectivity index (χ1) is 15.6. The van der Waals surface area contributed by atoms with Gasteiger partial charge in [0.15, 0.2) is 11.3 Å². The number of aryl methyl sites for hydroxylation is 1. The summed E-state index contributed by atoms with van der Waals surface area (Å²) >= 11 is 0. The third-order valence-corrected chi connectivity index (χ3v) is 6.33. The highest BCUT2D eigenvalue weighted by atomic mass is 16.5. The normalized spacial score (nSPS) is 18.8. The lowest BCUT2D eigenvalue weighted by Gasteiger charge is -2.31. The van der Waals surface area contributed by atoms with E-state index in [4.69, 9.17) is 9.62 Å². The van der Waals surface area contributed by atoms with Crippen molar-refractivity contribution in [3.05, 3.63) is 41.5 Å². The van der Waals surface area contributed by atoms with Crippen LogP contribution in [0.4, 0.5) is 0 Å². The molecule has 2 aliphatic rings. The minimum atomic E-state index is -0.0946. The molecule has 4 heterocycles. The largest absolute Gasteiger partial charge is 0.361 e. The molecule has 0 unspecified atom stereocenters. The lowest BCUT2D eigenvalue weighted by Crippen LogP contribution is -2.39. The van der Waals surface area contributed by atoms with E-state index in [9.17, 15) is 9.59 Å². The lowest BCUT2D eigenvalue weighted by molar-refractivity contribution is -0.122. The molecule has 3 aromatic heterocycles. The van der Waals surface area contributed by atoms with Crippen molar-refractivity contribution in [2.45, 2.75) is 51.5 Å². The predicted octanol–water partition coefficient (Wildman–Crippen LogP) is 2.53. The molecule has 1 saturated heterocycles. The van der Waals surface area contributed by atoms with E-state index in [1.54, 1.807) is 12.3 Å². The van der Waals surface area contributed by atoms with Gasteiger partial charge in [0, 0.05) is 55.5 Å². The Hall–Kier alpha value is -3.23. The van der Waals surface area contributed by atoms with E-state index in [0.29, 0.717) is 44.1 Å². The fourth-order valence-electron chi connectivity index (χ4n) is 4.39. The lowest BCUT2D eigenvalue weighted by atomic mass is 9.93. The molecule has 1 saturated carbocycles. The van der Waals surface area contributed by atoms with Gasteiger partial charge < -0.3 is 14.7 Å². The van der Waals surface area contributed by atoms with Crippen LogP contribution in [0.2, 0.25) is 0 Å². The predicted molar refractivity (Wildman–Crippen MR) is 117 cm³/mol. The van der Waals surface area contributed by atoms with Gasteiger partial charge in [-0.05, 0) is 37.8 Å². The Morgan fingerprint density at radius 2 is 2.16 bits per heavy atom. The number of piperidine rings is 1. The van der Waals surface area contributed by atoms with E-state index in [-0.39, 0.29) is 23.7 Å². The van der Waals surface area contributed by atoms with Crippen LogP contribution in [-0.4, -0.2) is 56.3 Å². The maximum absolute atomic E-state index is 13.0. The molecule has 168 valence electrons. The molecule has 2 amide bonds. The second-order valence-electron chi connectivity index (χ2n) is 8.67. The van der Waals surface area contributed by atoms with Gasteiger partial charge in [0.2, 0.25) is 5.91 Å². The Bertz CT molecular complexity index is 1130. The molecule has 1 atom stereocenters. The van der Waals surface area contributed by atoms with Crippen LogP contribution in [0.1, 0.15) is 60.5 Å². The number of carbonyl (C=O) groups is 2. The highest BCUT2D eigenvalue weighted by Crippen LogP contribution is 2.32. The van der Waals surface area contributed by atoms with Crippen molar-refractivity contribution in [1.29, 1.82) is 0 Å². The number of rotatable bonds is 7. The molecule has 9 nitrogen and oxygen atoms in total. The summed E-state index contributed by atoms with van der Waals surface area (Å²) in [7, 11) is 0. The van der Waals surface area contributed by atoms with Crippen LogP contribution in [0, 0.1) is 5.92 Å². The third-order valence-electron chi connectivity index (χ3n) is 6.33. The highest BCUT2D eigenvalue weighted by molar-refractivity contribution is 5.92. The number of nitrogens with one attached hydrogen (secondary N) is 1. The molecule has 0 spiro atoms. The number of amides is 2. The molecule has 9 heteroatoms. The van der Waals surface area contributed by atoms with Crippen LogP contribution < -0.4 is 5.32 Å². The second kappa shape index (κ2) is 8.72. The van der Waals surface area contributed by atoms with Crippen LogP contribution in [0.15, 0.2) is 28.9 Å². The van der Waals surface area contributed by atoms with Crippen molar-refractivity contribution in [3.8, 4) is 0 Å². The number of pyridine rings is 1. The van der Waals surface area contributed by atoms with E-state index >= 15 is 0 Å². The van der Waals surface area contributed by atoms with Crippen molar-refractivity contribution in [2.24, 2.45) is 5.92 Å². The molecule has 1 aliphatic heterocycles. The first-order valence-corrected chi connectivity index (χ1v) is 11.5. The molecule has 0 radical (unpaired) electrons. The van der Waals surface area contributed by atoms with E-state index < -0.39 is 0 Å². The smallest absolute Gasteiger partial charge is 0.276 e. The van der Waals surface area contributed by atoms with Gasteiger partial charge in [-0.2, -0.15) is 5.10 Å². The molecule has 32 heavy (non-hydrogen) atoms. The van der Waals surface area contributed by atoms with Gasteiger partial charge >= 0.3 is 0 Å². The van der Waals surface area contributed by atoms with Crippen LogP contribution in [0.25, 0.3) is 11.0 Å². The summed E-state index contributed by atoms with van der Waals surface area (Å²) in [6.07, 6.45) is 6.32. The minimum absolute atomic E-state index is 0.0946. The van der Waals surface area contributed by atoms with Gasteiger partial charge in [0.05, 0.1) is 12.2 Å². The van der Waals surface area contributed by atoms with Gasteiger partial charge in [-0.25, -0.2) is 9.67 Å². The van der Waals surface area contributed by atoms with Crippen molar-refractivity contribution in [3.63, 3.8) is 0 Å². The summed E-state index contributed by atoms with van der Waals surface area (Å²) in [5.41, 5.74) is 2.15. The Labute approximate surface area is 186 Å². The standard InChI is InChI=1S/C23H28N6O3/c1-2-17-13-19(27-32-17)23(31)28-11-4-5-16(14-28)20-18-6-3-9-24-21(18)29(26-20)12-10-25-22(30)15-7-8-15/h3,6,9,13,15-16H,2,4-5,7-8,10-12,14H2,1H3,(H,25,30)/t16-/m1/s1. The summed E-state index contributed by atoms with van der Waals surface area (Å²) in [4.78, 5) is 31.3. The molecule has 0 bridgehead atoms. The van der Waals surface area contributed by atoms with Gasteiger partial charge in [0.1, 0.15) is 5.76 Å². The quantitative estimate of drug-likeness (QED) is 0.610. The number of carbonyl (C=O) groups excluding carboxylic acids is 2. The third kappa shape index (κ3) is 4.11. The molecular formula is C23H28N6O3. The summed E-state index contributed by atoms with van der Waals surface area (Å²) in [5, 5.41) is 12.8. The zero-order valence-electron chi connectivity index (χ0n) is 18.3. The van der Waals surface area contributed by atoms with Crippen molar-refractivity contribution < 1.29 is 14.1 Å². The molecule has 5 rings (SSSR count). The number of hydrogen-bond acceptors (Lipinski definition) is 6. The van der Waals surface area contributed by atoms with Gasteiger partial charge in [-0.1, -0.05) is 12.1 Å². The zero-order valence-corrected chi connectivity index (χ0v) is 18.3. The molecular weight excluding hydrogens is 408 g/mol. The summed E-state index contributed by atoms with van der Waals surface area (Å²) < 4.78 is 7.10. The molecule has 1 aliphatic carbocycles. The number of likely N-dealkylation sites (tertiary alicyclic amines) is 1. The topological polar surface area (TPSA) is 106 Å². The van der Waals surface area contributed by atoms with Crippen molar-refractivity contribution in [2.75, 3.05) is 19.6 Å². The monoisotopic (exact) mass is 436 g/mol. The number of fused-ring (bicyclic) bond motifs is 1. The van der Waals surface area contributed by atoms with E-state index in [1.807, 2.05) is 28.6 Å². The van der Waals surface area contributed by atoms with Crippen molar-refractivity contribution >= 4 is 22.8 Å². The van der Waals surface area contributed by atoms with Crippen LogP contribution in [0.5, 0.6) is 0 Å². The maximum atomic E-state index is 13.0. The fraction of sp³-hybridized carbons (Fsp3) is 0.522. The van der Waals surface area contributed by atoms with Gasteiger partial charge in [0.25, 0.3) is 5.91 Å². The van der Waals surface area contributed by atoms with Crippen LogP contribution in [0.3, 0.4) is 0 Å². The average Bonchev–Trinajstić information content (AvgIpc) is 3.46. The fourth-order valence-corrected chi connectivity index (χ4v) is 4.39. The highest BCUT2D eigenvalue weighted by Gasteiger charge is 2.31. The molecule has 2 fully saturated rings. The maximum Gasteiger partial charge on any atom is 0.276 e. The SMILES string of the molecule is CCc1cc(C(=O)N2CCC[C@@H](c3nn(CCNC(=O)C4CC4)c4ncccc34)C2)no1. The van der Waals surface area contributed by atoms with Crippen LogP contribution >= 0.6 is 0 Å². The summed E-state index contributed by atoms with van der Waals surface area (Å²) in [6.45, 7) is 4.36. The van der Waals surface area contributed by atoms with E-state index in [0.717, 1.165) is 42.4 Å². The molecule has 3 aromatic rings. The van der Waals surface area contributed by atoms with Crippen LogP contribution in [-0.2, 0) is 17.8 Å². The van der Waals surface area contributed by atoms with Gasteiger partial charge in [-0.15, -0.1) is 0 Å². The number of aromatic nitrogens is 4. The molecule has 1 N–H and O–H groups in total. The minimum Gasteiger partial charge on any atom is -0.361 e. The van der Waals surface area contributed by atoms with Crippen molar-refractivity contribution in [1.82, 2.24) is 30.1 Å². The molecule has 0 aromatic carbocycles. The Morgan fingerprint density at radius 1 is 1.28 bits per heavy atom. The average molecular weight is 437 g/mol. The summed E-state index contributed by atoms with van der Waals surface area (Å²) in [6, 6.07) is 5.69. The number of hydrogen-bond donors (Lipinski definition) is 1. The Morgan fingerprint density at radius 3 is 2.94 bits per heavy atom. The summed E-state index contributed by atoms with van der Waals surface area (Å²) in [5.74, 6) is 1.07. The van der Waals surface area contributed by atoms with Gasteiger partial charge in [-0.3, -0.25) is 9.59 Å². The Kier molecular flexibility index (Phi) is 5.63. The second-order valence-corrected chi connectivity index (χ2v) is 8.67. The number of nitrogens with zero attached hydrogens (tertiary/aromatic N) is 5. The van der Waals surface area contributed by atoms with E-state index in [2.05, 4.69) is 15.5 Å².